The molecule has 0 aromatic rings. The van der Waals surface area contributed by atoms with Crippen LogP contribution in [0.5, 0.6) is 0 Å². The third-order valence-electron chi connectivity index (χ3n) is 2.65. The smallest absolute Gasteiger partial charge is 0.0292 e. The molecular weight excluding hydrogens is 144 g/mol. The van der Waals surface area contributed by atoms with Gasteiger partial charge < -0.3 is 0 Å². The average molecular weight is 168 g/mol. The van der Waals surface area contributed by atoms with Gasteiger partial charge in [0.1, 0.15) is 0 Å². The van der Waals surface area contributed by atoms with Gasteiger partial charge in [0.05, 0.1) is 0 Å². The predicted octanol–water partition coefficient (Wildman–Crippen LogP) is 4.42. The fourth-order valence-electron chi connectivity index (χ4n) is 1.56. The lowest BCUT2D eigenvalue weighted by molar-refractivity contribution is 0.351. The van der Waals surface area contributed by atoms with E-state index in [0.717, 1.165) is 18.3 Å². The average Bonchev–Trinajstić information content (AvgIpc) is 2.03. The fraction of sp³-hybridized carbons (Fsp3) is 0.833. The molecule has 1 atom stereocenters. The van der Waals surface area contributed by atoms with Crippen molar-refractivity contribution in [1.82, 2.24) is 0 Å². The van der Waals surface area contributed by atoms with Gasteiger partial charge in [-0.2, -0.15) is 0 Å². The summed E-state index contributed by atoms with van der Waals surface area (Å²) in [6, 6.07) is 0. The second-order valence-electron chi connectivity index (χ2n) is 4.10. The molecule has 0 spiro atoms. The minimum Gasteiger partial charge on any atom is -0.0999 e. The van der Waals surface area contributed by atoms with Crippen molar-refractivity contribution in [3.05, 3.63) is 12.2 Å². The maximum atomic E-state index is 4.08. The summed E-state index contributed by atoms with van der Waals surface area (Å²) < 4.78 is 0. The van der Waals surface area contributed by atoms with Gasteiger partial charge in [-0.25, -0.2) is 0 Å². The molecule has 0 N–H and O–H groups in total. The van der Waals surface area contributed by atoms with Crippen molar-refractivity contribution in [2.24, 2.45) is 11.8 Å². The van der Waals surface area contributed by atoms with E-state index in [1.54, 1.807) is 0 Å². The molecule has 1 unspecified atom stereocenters. The molecular formula is C12H24. The molecule has 0 heterocycles. The Morgan fingerprint density at radius 1 is 1.25 bits per heavy atom. The topological polar surface area (TPSA) is 0 Å². The Bertz CT molecular complexity index is 122. The van der Waals surface area contributed by atoms with Gasteiger partial charge in [0, 0.05) is 0 Å². The molecule has 0 saturated carbocycles. The number of allylic oxidation sites excluding steroid dienone is 1. The van der Waals surface area contributed by atoms with E-state index >= 15 is 0 Å². The van der Waals surface area contributed by atoms with Gasteiger partial charge in [-0.05, 0) is 24.7 Å². The van der Waals surface area contributed by atoms with Crippen molar-refractivity contribution in [1.29, 1.82) is 0 Å². The summed E-state index contributed by atoms with van der Waals surface area (Å²) in [7, 11) is 0. The van der Waals surface area contributed by atoms with Crippen molar-refractivity contribution in [2.45, 2.75) is 53.4 Å². The molecule has 0 fully saturated rings. The highest BCUT2D eigenvalue weighted by molar-refractivity contribution is 4.94. The zero-order chi connectivity index (χ0) is 9.56. The first-order valence-corrected chi connectivity index (χ1v) is 5.28. The SMILES string of the molecule is C=C(CC)CC(CCC)C(C)C. The van der Waals surface area contributed by atoms with E-state index < -0.39 is 0 Å². The fourth-order valence-corrected chi connectivity index (χ4v) is 1.56. The minimum absolute atomic E-state index is 0.813. The van der Waals surface area contributed by atoms with Gasteiger partial charge in [-0.15, -0.1) is 0 Å². The van der Waals surface area contributed by atoms with Crippen LogP contribution in [-0.2, 0) is 0 Å². The molecule has 0 amide bonds. The maximum absolute atomic E-state index is 4.08. The summed E-state index contributed by atoms with van der Waals surface area (Å²) in [5.41, 5.74) is 1.42. The Morgan fingerprint density at radius 2 is 1.83 bits per heavy atom. The summed E-state index contributed by atoms with van der Waals surface area (Å²) in [5, 5.41) is 0. The first-order chi connectivity index (χ1) is 5.61. The molecule has 72 valence electrons. The van der Waals surface area contributed by atoms with Crippen LogP contribution in [0.4, 0.5) is 0 Å². The van der Waals surface area contributed by atoms with Gasteiger partial charge in [0.15, 0.2) is 0 Å². The number of rotatable bonds is 6. The van der Waals surface area contributed by atoms with Gasteiger partial charge >= 0.3 is 0 Å². The lowest BCUT2D eigenvalue weighted by Gasteiger charge is -2.20. The molecule has 0 aliphatic carbocycles. The Hall–Kier alpha value is -0.260. The van der Waals surface area contributed by atoms with Crippen molar-refractivity contribution in [2.75, 3.05) is 0 Å². The van der Waals surface area contributed by atoms with E-state index in [4.69, 9.17) is 0 Å². The molecule has 0 bridgehead atoms. The highest BCUT2D eigenvalue weighted by atomic mass is 14.2. The van der Waals surface area contributed by atoms with Crippen LogP contribution in [0.2, 0.25) is 0 Å². The standard InChI is InChI=1S/C12H24/c1-6-8-12(10(3)4)9-11(5)7-2/h10,12H,5-9H2,1-4H3. The maximum Gasteiger partial charge on any atom is -0.0292 e. The van der Waals surface area contributed by atoms with Crippen LogP contribution >= 0.6 is 0 Å². The third-order valence-corrected chi connectivity index (χ3v) is 2.65. The van der Waals surface area contributed by atoms with Gasteiger partial charge in [0.2, 0.25) is 0 Å². The van der Waals surface area contributed by atoms with Crippen molar-refractivity contribution < 1.29 is 0 Å². The molecule has 0 aromatic carbocycles. The molecule has 0 nitrogen and oxygen atoms in total. The van der Waals surface area contributed by atoms with E-state index in [2.05, 4.69) is 34.3 Å². The molecule has 0 aromatic heterocycles. The minimum atomic E-state index is 0.813. The summed E-state index contributed by atoms with van der Waals surface area (Å²) in [4.78, 5) is 0. The molecule has 0 saturated heterocycles. The normalized spacial score (nSPS) is 13.4. The van der Waals surface area contributed by atoms with Crippen LogP contribution in [0.15, 0.2) is 12.2 Å². The number of hydrogen-bond acceptors (Lipinski definition) is 0. The summed E-state index contributed by atoms with van der Waals surface area (Å²) in [5.74, 6) is 1.68. The summed E-state index contributed by atoms with van der Waals surface area (Å²) in [6.45, 7) is 13.2. The van der Waals surface area contributed by atoms with E-state index in [1.165, 1.54) is 24.8 Å². The van der Waals surface area contributed by atoms with Crippen LogP contribution in [0.25, 0.3) is 0 Å². The van der Waals surface area contributed by atoms with Gasteiger partial charge in [-0.1, -0.05) is 52.7 Å². The molecule has 0 aliphatic rings. The molecule has 0 rings (SSSR count). The summed E-state index contributed by atoms with van der Waals surface area (Å²) in [6.07, 6.45) is 5.05. The largest absolute Gasteiger partial charge is 0.0999 e. The van der Waals surface area contributed by atoms with Crippen molar-refractivity contribution >= 4 is 0 Å². The molecule has 0 heteroatoms. The molecule has 12 heavy (non-hydrogen) atoms. The second kappa shape index (κ2) is 6.28. The highest BCUT2D eigenvalue weighted by Gasteiger charge is 2.12. The van der Waals surface area contributed by atoms with Gasteiger partial charge in [0.25, 0.3) is 0 Å². The van der Waals surface area contributed by atoms with Gasteiger partial charge in [-0.3, -0.25) is 0 Å². The quantitative estimate of drug-likeness (QED) is 0.515. The Kier molecular flexibility index (Phi) is 6.14. The highest BCUT2D eigenvalue weighted by Crippen LogP contribution is 2.25. The molecule has 0 aliphatic heterocycles. The van der Waals surface area contributed by atoms with Crippen molar-refractivity contribution in [3.63, 3.8) is 0 Å². The lowest BCUT2D eigenvalue weighted by Crippen LogP contribution is -2.09. The van der Waals surface area contributed by atoms with Crippen LogP contribution in [0.3, 0.4) is 0 Å². The predicted molar refractivity (Wildman–Crippen MR) is 57.3 cm³/mol. The first kappa shape index (κ1) is 11.7. The Labute approximate surface area is 78.1 Å². The summed E-state index contributed by atoms with van der Waals surface area (Å²) >= 11 is 0. The van der Waals surface area contributed by atoms with E-state index in [9.17, 15) is 0 Å². The van der Waals surface area contributed by atoms with Crippen LogP contribution in [0, 0.1) is 11.8 Å². The third kappa shape index (κ3) is 4.58. The van der Waals surface area contributed by atoms with Crippen LogP contribution in [-0.4, -0.2) is 0 Å². The zero-order valence-corrected chi connectivity index (χ0v) is 9.19. The lowest BCUT2D eigenvalue weighted by atomic mass is 9.85. The Morgan fingerprint density at radius 3 is 2.17 bits per heavy atom. The Balaban J connectivity index is 3.86. The van der Waals surface area contributed by atoms with E-state index in [-0.39, 0.29) is 0 Å². The van der Waals surface area contributed by atoms with Crippen LogP contribution in [0.1, 0.15) is 53.4 Å². The van der Waals surface area contributed by atoms with E-state index in [0.29, 0.717) is 0 Å². The monoisotopic (exact) mass is 168 g/mol. The van der Waals surface area contributed by atoms with E-state index in [1.807, 2.05) is 0 Å². The van der Waals surface area contributed by atoms with Crippen molar-refractivity contribution in [3.8, 4) is 0 Å². The zero-order valence-electron chi connectivity index (χ0n) is 9.19. The number of hydrogen-bond donors (Lipinski definition) is 0. The first-order valence-electron chi connectivity index (χ1n) is 5.28. The molecule has 0 radical (unpaired) electrons. The second-order valence-corrected chi connectivity index (χ2v) is 4.10. The van der Waals surface area contributed by atoms with Crippen LogP contribution < -0.4 is 0 Å².